The molecule has 1 heterocycles. The molecule has 1 fully saturated rings. The summed E-state index contributed by atoms with van der Waals surface area (Å²) in [5.74, 6) is 1.24. The zero-order valence-corrected chi connectivity index (χ0v) is 14.0. The molecule has 1 aliphatic carbocycles. The number of anilines is 1. The van der Waals surface area contributed by atoms with E-state index in [0.29, 0.717) is 17.9 Å². The lowest BCUT2D eigenvalue weighted by molar-refractivity contribution is 0.284. The molecule has 0 atom stereocenters. The molecule has 1 aromatic rings. The lowest BCUT2D eigenvalue weighted by Crippen LogP contribution is -2.37. The molecular weight excluding hydrogens is 268 g/mol. The van der Waals surface area contributed by atoms with E-state index in [4.69, 9.17) is 4.98 Å². The van der Waals surface area contributed by atoms with Gasteiger partial charge in [-0.15, -0.1) is 0 Å². The number of hydrogen-bond acceptors (Lipinski definition) is 4. The molecule has 20 heavy (non-hydrogen) atoms. The minimum absolute atomic E-state index is 0.141. The highest BCUT2D eigenvalue weighted by molar-refractivity contribution is 7.15. The molecule has 0 aliphatic heterocycles. The van der Waals surface area contributed by atoms with Crippen LogP contribution in [-0.2, 0) is 6.61 Å². The normalized spacial score (nSPS) is 15.3. The molecule has 0 spiro atoms. The monoisotopic (exact) mass is 296 g/mol. The van der Waals surface area contributed by atoms with Gasteiger partial charge in [0.2, 0.25) is 0 Å². The smallest absolute Gasteiger partial charge is 0.186 e. The number of rotatable bonds is 8. The molecule has 3 nitrogen and oxygen atoms in total. The van der Waals surface area contributed by atoms with Crippen LogP contribution in [0.25, 0.3) is 0 Å². The van der Waals surface area contributed by atoms with Crippen LogP contribution in [0.15, 0.2) is 0 Å². The van der Waals surface area contributed by atoms with E-state index in [2.05, 4.69) is 32.6 Å². The molecular formula is C16H28N2OS. The minimum Gasteiger partial charge on any atom is -0.391 e. The van der Waals surface area contributed by atoms with Crippen LogP contribution in [0.2, 0.25) is 0 Å². The van der Waals surface area contributed by atoms with Crippen LogP contribution in [-0.4, -0.2) is 22.7 Å². The lowest BCUT2D eigenvalue weighted by Gasteiger charge is -2.31. The molecule has 114 valence electrons. The van der Waals surface area contributed by atoms with E-state index in [1.54, 1.807) is 11.3 Å². The van der Waals surface area contributed by atoms with E-state index in [0.717, 1.165) is 29.4 Å². The van der Waals surface area contributed by atoms with E-state index >= 15 is 0 Å². The van der Waals surface area contributed by atoms with E-state index in [-0.39, 0.29) is 6.61 Å². The van der Waals surface area contributed by atoms with Crippen LogP contribution in [0, 0.1) is 5.92 Å². The Labute approximate surface area is 127 Å². The summed E-state index contributed by atoms with van der Waals surface area (Å²) in [6.07, 6.45) is 4.78. The fourth-order valence-corrected chi connectivity index (χ4v) is 3.86. The van der Waals surface area contributed by atoms with Crippen LogP contribution in [0.4, 0.5) is 5.13 Å². The largest absolute Gasteiger partial charge is 0.391 e. The maximum Gasteiger partial charge on any atom is 0.186 e. The van der Waals surface area contributed by atoms with Gasteiger partial charge in [-0.3, -0.25) is 0 Å². The van der Waals surface area contributed by atoms with Crippen molar-refractivity contribution >= 4 is 16.5 Å². The van der Waals surface area contributed by atoms with Crippen LogP contribution in [0.1, 0.15) is 69.9 Å². The van der Waals surface area contributed by atoms with Gasteiger partial charge in [0.15, 0.2) is 5.13 Å². The summed E-state index contributed by atoms with van der Waals surface area (Å²) in [4.78, 5) is 8.46. The van der Waals surface area contributed by atoms with Gasteiger partial charge in [-0.05, 0) is 31.6 Å². The van der Waals surface area contributed by atoms with Gasteiger partial charge < -0.3 is 10.0 Å². The number of hydrogen-bond donors (Lipinski definition) is 1. The zero-order chi connectivity index (χ0) is 14.7. The van der Waals surface area contributed by atoms with E-state index < -0.39 is 0 Å². The average Bonchev–Trinajstić information content (AvgIpc) is 3.18. The predicted molar refractivity (Wildman–Crippen MR) is 86.6 cm³/mol. The van der Waals surface area contributed by atoms with Crippen molar-refractivity contribution in [2.75, 3.05) is 11.4 Å². The summed E-state index contributed by atoms with van der Waals surface area (Å²) < 4.78 is 0. The Bertz CT molecular complexity index is 422. The van der Waals surface area contributed by atoms with Gasteiger partial charge in [-0.2, -0.15) is 0 Å². The van der Waals surface area contributed by atoms with Crippen molar-refractivity contribution in [3.63, 3.8) is 0 Å². The third-order valence-corrected chi connectivity index (χ3v) is 5.11. The van der Waals surface area contributed by atoms with Crippen LogP contribution in [0.3, 0.4) is 0 Å². The Hall–Kier alpha value is -0.610. The van der Waals surface area contributed by atoms with Crippen molar-refractivity contribution in [1.82, 2.24) is 4.98 Å². The number of aliphatic hydroxyl groups is 1. The van der Waals surface area contributed by atoms with E-state index in [9.17, 15) is 5.11 Å². The highest BCUT2D eigenvalue weighted by Gasteiger charge is 2.31. The molecule has 0 saturated heterocycles. The van der Waals surface area contributed by atoms with Crippen molar-refractivity contribution < 1.29 is 5.11 Å². The second-order valence-electron chi connectivity index (χ2n) is 6.25. The Kier molecular flexibility index (Phi) is 5.44. The van der Waals surface area contributed by atoms with Gasteiger partial charge in [-0.1, -0.05) is 39.0 Å². The summed E-state index contributed by atoms with van der Waals surface area (Å²) in [6, 6.07) is 0.558. The zero-order valence-electron chi connectivity index (χ0n) is 13.2. The van der Waals surface area contributed by atoms with Gasteiger partial charge in [0.25, 0.3) is 0 Å². The van der Waals surface area contributed by atoms with Crippen molar-refractivity contribution in [3.8, 4) is 0 Å². The molecule has 1 N–H and O–H groups in total. The fraction of sp³-hybridized carbons (Fsp3) is 0.812. The van der Waals surface area contributed by atoms with Gasteiger partial charge in [0, 0.05) is 18.5 Å². The Morgan fingerprint density at radius 2 is 1.95 bits per heavy atom. The van der Waals surface area contributed by atoms with Crippen LogP contribution < -0.4 is 4.90 Å². The second kappa shape index (κ2) is 6.90. The highest BCUT2D eigenvalue weighted by atomic mass is 32.1. The van der Waals surface area contributed by atoms with Gasteiger partial charge in [0.1, 0.15) is 0 Å². The molecule has 2 rings (SSSR count). The molecule has 0 unspecified atom stereocenters. The number of nitrogens with zero attached hydrogens (tertiary/aromatic N) is 2. The second-order valence-corrected chi connectivity index (χ2v) is 7.32. The third-order valence-electron chi connectivity index (χ3n) is 4.01. The Morgan fingerprint density at radius 3 is 2.40 bits per heavy atom. The summed E-state index contributed by atoms with van der Waals surface area (Å²) >= 11 is 1.70. The average molecular weight is 296 g/mol. The number of aliphatic hydroxyl groups excluding tert-OH is 1. The first-order chi connectivity index (χ1) is 9.60. The summed E-state index contributed by atoms with van der Waals surface area (Å²) in [6.45, 7) is 10.2. The molecule has 1 aliphatic rings. The number of aromatic nitrogens is 1. The lowest BCUT2D eigenvalue weighted by atomic mass is 10.1. The summed E-state index contributed by atoms with van der Waals surface area (Å²) in [5.41, 5.74) is 1.17. The maximum atomic E-state index is 9.58. The van der Waals surface area contributed by atoms with Gasteiger partial charge in [-0.25, -0.2) is 4.98 Å². The number of thiazole rings is 1. The quantitative estimate of drug-likeness (QED) is 0.782. The predicted octanol–water partition coefficient (Wildman–Crippen LogP) is 4.16. The van der Waals surface area contributed by atoms with Crippen molar-refractivity contribution in [2.45, 2.75) is 71.9 Å². The van der Waals surface area contributed by atoms with Crippen molar-refractivity contribution in [1.29, 1.82) is 0 Å². The van der Waals surface area contributed by atoms with E-state index in [1.807, 2.05) is 0 Å². The molecule has 0 radical (unpaired) electrons. The van der Waals surface area contributed by atoms with Crippen molar-refractivity contribution in [2.24, 2.45) is 5.92 Å². The first kappa shape index (κ1) is 15.8. The SMILES string of the molecule is CCC(CC)N(CC(C)C)c1nc(C2CC2)c(CO)s1. The third kappa shape index (κ3) is 3.53. The molecule has 0 bridgehead atoms. The molecule has 0 amide bonds. The molecule has 1 aromatic heterocycles. The first-order valence-electron chi connectivity index (χ1n) is 7.97. The topological polar surface area (TPSA) is 36.4 Å². The Morgan fingerprint density at radius 1 is 1.30 bits per heavy atom. The van der Waals surface area contributed by atoms with Crippen LogP contribution in [0.5, 0.6) is 0 Å². The standard InChI is InChI=1S/C16H28N2OS/c1-5-13(6-2)18(9-11(3)4)16-17-15(12-7-8-12)14(10-19)20-16/h11-13,19H,5-10H2,1-4H3. The Balaban J connectivity index is 2.27. The fourth-order valence-electron chi connectivity index (χ4n) is 2.77. The van der Waals surface area contributed by atoms with Gasteiger partial charge in [0.05, 0.1) is 17.2 Å². The molecule has 4 heteroatoms. The van der Waals surface area contributed by atoms with Crippen molar-refractivity contribution in [3.05, 3.63) is 10.6 Å². The minimum atomic E-state index is 0.141. The highest BCUT2D eigenvalue weighted by Crippen LogP contribution is 2.44. The maximum absolute atomic E-state index is 9.58. The van der Waals surface area contributed by atoms with E-state index in [1.165, 1.54) is 18.5 Å². The van der Waals surface area contributed by atoms with Gasteiger partial charge >= 0.3 is 0 Å². The molecule has 1 saturated carbocycles. The first-order valence-corrected chi connectivity index (χ1v) is 8.79. The molecule has 0 aromatic carbocycles. The van der Waals surface area contributed by atoms with Crippen LogP contribution >= 0.6 is 11.3 Å². The summed E-state index contributed by atoms with van der Waals surface area (Å²) in [5, 5.41) is 10.7. The summed E-state index contributed by atoms with van der Waals surface area (Å²) in [7, 11) is 0.